The molecule has 96 valence electrons. The van der Waals surface area contributed by atoms with Crippen molar-refractivity contribution in [1.82, 2.24) is 9.55 Å². The third-order valence-corrected chi connectivity index (χ3v) is 3.71. The van der Waals surface area contributed by atoms with Crippen molar-refractivity contribution in [3.63, 3.8) is 0 Å². The van der Waals surface area contributed by atoms with Crippen LogP contribution in [0.15, 0.2) is 18.2 Å². The molecule has 3 rings (SSSR count). The summed E-state index contributed by atoms with van der Waals surface area (Å²) in [6.45, 7) is 3.86. The van der Waals surface area contributed by atoms with E-state index in [9.17, 15) is 0 Å². The average Bonchev–Trinajstić information content (AvgIpc) is 2.95. The Morgan fingerprint density at radius 3 is 3.17 bits per heavy atom. The van der Waals surface area contributed by atoms with Crippen molar-refractivity contribution in [2.45, 2.75) is 38.8 Å². The molecule has 1 aliphatic heterocycles. The SMILES string of the molecule is Cc1cccc2c1nc(N)n2CCC1CCCO1. The Kier molecular flexibility index (Phi) is 2.96. The molecule has 1 saturated heterocycles. The Labute approximate surface area is 107 Å². The molecular formula is C14H19N3O. The van der Waals surface area contributed by atoms with E-state index < -0.39 is 0 Å². The van der Waals surface area contributed by atoms with Crippen LogP contribution in [-0.4, -0.2) is 22.3 Å². The van der Waals surface area contributed by atoms with Crippen LogP contribution in [0.5, 0.6) is 0 Å². The van der Waals surface area contributed by atoms with E-state index in [0.717, 1.165) is 30.6 Å². The fourth-order valence-corrected chi connectivity index (χ4v) is 2.69. The molecule has 4 nitrogen and oxygen atoms in total. The predicted molar refractivity (Wildman–Crippen MR) is 72.5 cm³/mol. The Bertz CT molecular complexity index is 555. The summed E-state index contributed by atoms with van der Waals surface area (Å²) in [6.07, 6.45) is 3.77. The van der Waals surface area contributed by atoms with Crippen molar-refractivity contribution in [1.29, 1.82) is 0 Å². The molecule has 2 N–H and O–H groups in total. The number of nitrogen functional groups attached to an aromatic ring is 1. The molecular weight excluding hydrogens is 226 g/mol. The van der Waals surface area contributed by atoms with Gasteiger partial charge in [-0.3, -0.25) is 0 Å². The molecule has 18 heavy (non-hydrogen) atoms. The molecule has 1 fully saturated rings. The van der Waals surface area contributed by atoms with Crippen LogP contribution in [0.3, 0.4) is 0 Å². The highest BCUT2D eigenvalue weighted by molar-refractivity contribution is 5.81. The van der Waals surface area contributed by atoms with E-state index in [0.29, 0.717) is 12.1 Å². The first-order valence-electron chi connectivity index (χ1n) is 6.58. The molecule has 1 aromatic heterocycles. The van der Waals surface area contributed by atoms with Crippen LogP contribution < -0.4 is 5.73 Å². The number of benzene rings is 1. The van der Waals surface area contributed by atoms with E-state index in [2.05, 4.69) is 34.7 Å². The number of aromatic nitrogens is 2. The second kappa shape index (κ2) is 4.61. The van der Waals surface area contributed by atoms with E-state index in [1.54, 1.807) is 0 Å². The molecule has 1 aromatic carbocycles. The molecule has 0 bridgehead atoms. The molecule has 2 aromatic rings. The second-order valence-electron chi connectivity index (χ2n) is 4.99. The Hall–Kier alpha value is -1.55. The van der Waals surface area contributed by atoms with Gasteiger partial charge >= 0.3 is 0 Å². The maximum absolute atomic E-state index is 6.02. The van der Waals surface area contributed by atoms with Crippen molar-refractivity contribution in [2.75, 3.05) is 12.3 Å². The van der Waals surface area contributed by atoms with Crippen molar-refractivity contribution in [3.8, 4) is 0 Å². The Morgan fingerprint density at radius 2 is 2.39 bits per heavy atom. The van der Waals surface area contributed by atoms with E-state index in [1.807, 2.05) is 0 Å². The summed E-state index contributed by atoms with van der Waals surface area (Å²) in [5, 5.41) is 0. The average molecular weight is 245 g/mol. The number of ether oxygens (including phenoxy) is 1. The van der Waals surface area contributed by atoms with Gasteiger partial charge in [0.05, 0.1) is 17.1 Å². The van der Waals surface area contributed by atoms with E-state index in [4.69, 9.17) is 10.5 Å². The smallest absolute Gasteiger partial charge is 0.201 e. The van der Waals surface area contributed by atoms with Crippen LogP contribution in [-0.2, 0) is 11.3 Å². The highest BCUT2D eigenvalue weighted by atomic mass is 16.5. The lowest BCUT2D eigenvalue weighted by atomic mass is 10.2. The lowest BCUT2D eigenvalue weighted by Gasteiger charge is -2.11. The van der Waals surface area contributed by atoms with Gasteiger partial charge in [-0.25, -0.2) is 4.98 Å². The number of nitrogens with zero attached hydrogens (tertiary/aromatic N) is 2. The molecule has 0 radical (unpaired) electrons. The maximum Gasteiger partial charge on any atom is 0.201 e. The van der Waals surface area contributed by atoms with Gasteiger partial charge in [0.1, 0.15) is 0 Å². The summed E-state index contributed by atoms with van der Waals surface area (Å²) < 4.78 is 7.75. The lowest BCUT2D eigenvalue weighted by molar-refractivity contribution is 0.101. The van der Waals surface area contributed by atoms with Gasteiger partial charge in [-0.1, -0.05) is 12.1 Å². The molecule has 0 spiro atoms. The van der Waals surface area contributed by atoms with E-state index in [1.165, 1.54) is 18.4 Å². The third kappa shape index (κ3) is 1.97. The lowest BCUT2D eigenvalue weighted by Crippen LogP contribution is -2.11. The Balaban J connectivity index is 1.86. The fraction of sp³-hybridized carbons (Fsp3) is 0.500. The minimum Gasteiger partial charge on any atom is -0.378 e. The van der Waals surface area contributed by atoms with Crippen molar-refractivity contribution in [2.24, 2.45) is 0 Å². The molecule has 1 atom stereocenters. The summed E-state index contributed by atoms with van der Waals surface area (Å²) >= 11 is 0. The van der Waals surface area contributed by atoms with E-state index in [-0.39, 0.29) is 0 Å². The molecule has 1 unspecified atom stereocenters. The van der Waals surface area contributed by atoms with Crippen molar-refractivity contribution >= 4 is 17.0 Å². The first kappa shape index (κ1) is 11.5. The van der Waals surface area contributed by atoms with Gasteiger partial charge in [0, 0.05) is 13.2 Å². The van der Waals surface area contributed by atoms with Gasteiger partial charge in [0.25, 0.3) is 0 Å². The maximum atomic E-state index is 6.02. The number of imidazole rings is 1. The van der Waals surface area contributed by atoms with Crippen LogP contribution in [0.25, 0.3) is 11.0 Å². The normalized spacial score (nSPS) is 19.7. The number of fused-ring (bicyclic) bond motifs is 1. The fourth-order valence-electron chi connectivity index (χ4n) is 2.69. The zero-order valence-electron chi connectivity index (χ0n) is 10.7. The quantitative estimate of drug-likeness (QED) is 0.904. The number of para-hydroxylation sites is 1. The molecule has 0 aliphatic carbocycles. The third-order valence-electron chi connectivity index (χ3n) is 3.71. The van der Waals surface area contributed by atoms with Gasteiger partial charge < -0.3 is 15.0 Å². The number of rotatable bonds is 3. The number of anilines is 1. The van der Waals surface area contributed by atoms with Gasteiger partial charge in [-0.05, 0) is 37.8 Å². The molecule has 2 heterocycles. The van der Waals surface area contributed by atoms with Crippen molar-refractivity contribution < 1.29 is 4.74 Å². The summed E-state index contributed by atoms with van der Waals surface area (Å²) in [5.41, 5.74) is 9.34. The molecule has 1 aliphatic rings. The van der Waals surface area contributed by atoms with Gasteiger partial charge in [0.15, 0.2) is 0 Å². The number of nitrogens with two attached hydrogens (primary N) is 1. The summed E-state index contributed by atoms with van der Waals surface area (Å²) in [4.78, 5) is 4.46. The minimum absolute atomic E-state index is 0.395. The largest absolute Gasteiger partial charge is 0.378 e. The van der Waals surface area contributed by atoms with Crippen LogP contribution in [0.4, 0.5) is 5.95 Å². The predicted octanol–water partition coefficient (Wildman–Crippen LogP) is 2.50. The molecule has 0 amide bonds. The highest BCUT2D eigenvalue weighted by Gasteiger charge is 2.17. The Morgan fingerprint density at radius 1 is 1.50 bits per heavy atom. The minimum atomic E-state index is 0.395. The zero-order valence-corrected chi connectivity index (χ0v) is 10.7. The number of hydrogen-bond acceptors (Lipinski definition) is 3. The standard InChI is InChI=1S/C14H19N3O/c1-10-4-2-6-12-13(10)16-14(15)17(12)8-7-11-5-3-9-18-11/h2,4,6,11H,3,5,7-9H2,1H3,(H2,15,16). The van der Waals surface area contributed by atoms with Crippen LogP contribution in [0, 0.1) is 6.92 Å². The summed E-state index contributed by atoms with van der Waals surface area (Å²) in [6, 6.07) is 6.21. The summed E-state index contributed by atoms with van der Waals surface area (Å²) in [7, 11) is 0. The molecule has 4 heteroatoms. The zero-order chi connectivity index (χ0) is 12.5. The van der Waals surface area contributed by atoms with Crippen molar-refractivity contribution in [3.05, 3.63) is 23.8 Å². The van der Waals surface area contributed by atoms with Gasteiger partial charge in [-0.2, -0.15) is 0 Å². The molecule has 0 saturated carbocycles. The second-order valence-corrected chi connectivity index (χ2v) is 4.99. The monoisotopic (exact) mass is 245 g/mol. The van der Waals surface area contributed by atoms with Gasteiger partial charge in [-0.15, -0.1) is 0 Å². The topological polar surface area (TPSA) is 53.1 Å². The number of aryl methyl sites for hydroxylation is 2. The number of hydrogen-bond donors (Lipinski definition) is 1. The highest BCUT2D eigenvalue weighted by Crippen LogP contribution is 2.23. The first-order valence-corrected chi connectivity index (χ1v) is 6.58. The van der Waals surface area contributed by atoms with Crippen LogP contribution in [0.2, 0.25) is 0 Å². The van der Waals surface area contributed by atoms with E-state index >= 15 is 0 Å². The van der Waals surface area contributed by atoms with Crippen LogP contribution in [0.1, 0.15) is 24.8 Å². The summed E-state index contributed by atoms with van der Waals surface area (Å²) in [5.74, 6) is 0.609. The first-order chi connectivity index (χ1) is 8.75. The van der Waals surface area contributed by atoms with Gasteiger partial charge in [0.2, 0.25) is 5.95 Å². The van der Waals surface area contributed by atoms with Crippen LogP contribution >= 0.6 is 0 Å².